The fourth-order valence-corrected chi connectivity index (χ4v) is 6.42. The lowest BCUT2D eigenvalue weighted by molar-refractivity contribution is 0.0482. The highest BCUT2D eigenvalue weighted by atomic mass is 31.2. The number of benzene rings is 3. The number of alkyl carbamates (subject to hydrolysis) is 1. The van der Waals surface area contributed by atoms with Crippen LogP contribution in [-0.2, 0) is 14.8 Å². The van der Waals surface area contributed by atoms with Gasteiger partial charge in [-0.1, -0.05) is 66.7 Å². The summed E-state index contributed by atoms with van der Waals surface area (Å²) >= 11 is 0. The molecule has 174 valence electrons. The van der Waals surface area contributed by atoms with Gasteiger partial charge in [0.2, 0.25) is 7.29 Å². The average molecular weight is 465 g/mol. The van der Waals surface area contributed by atoms with E-state index >= 15 is 0 Å². The van der Waals surface area contributed by atoms with Crippen molar-refractivity contribution in [2.45, 2.75) is 51.8 Å². The second-order valence-electron chi connectivity index (χ2n) is 9.33. The summed E-state index contributed by atoms with van der Waals surface area (Å²) in [5.41, 5.74) is -0.594. The summed E-state index contributed by atoms with van der Waals surface area (Å²) in [6.45, 7) is 9.33. The molecule has 0 aliphatic heterocycles. The van der Waals surface area contributed by atoms with Crippen molar-refractivity contribution >= 4 is 24.0 Å². The van der Waals surface area contributed by atoms with Crippen LogP contribution in [0.5, 0.6) is 0 Å². The molecular formula is C27H33N2O3P. The number of ether oxygens (including phenoxy) is 1. The first-order valence-electron chi connectivity index (χ1n) is 11.1. The smallest absolute Gasteiger partial charge is 0.407 e. The second kappa shape index (κ2) is 9.94. The van der Waals surface area contributed by atoms with Gasteiger partial charge in [0.15, 0.2) is 0 Å². The normalized spacial score (nSPS) is 14.7. The Bertz CT molecular complexity index is 1050. The van der Waals surface area contributed by atoms with E-state index in [1.54, 1.807) is 0 Å². The van der Waals surface area contributed by atoms with E-state index in [0.29, 0.717) is 10.6 Å². The SMILES string of the molecule is C[C@H](NC(=O)OC(C)(C)C)[C@](C)(NP(=O)(c1ccccc1)c1ccccc1)c1ccccc1. The predicted molar refractivity (Wildman–Crippen MR) is 136 cm³/mol. The van der Waals surface area contributed by atoms with Crippen molar-refractivity contribution in [1.82, 2.24) is 10.4 Å². The Morgan fingerprint density at radius 3 is 1.64 bits per heavy atom. The first kappa shape index (κ1) is 24.8. The molecule has 0 heterocycles. The van der Waals surface area contributed by atoms with Gasteiger partial charge in [-0.3, -0.25) is 4.57 Å². The lowest BCUT2D eigenvalue weighted by Gasteiger charge is -2.41. The van der Waals surface area contributed by atoms with Gasteiger partial charge in [0.25, 0.3) is 0 Å². The summed E-state index contributed by atoms with van der Waals surface area (Å²) in [7, 11) is -3.29. The minimum atomic E-state index is -3.29. The van der Waals surface area contributed by atoms with E-state index in [9.17, 15) is 9.36 Å². The summed E-state index contributed by atoms with van der Waals surface area (Å²) in [6, 6.07) is 28.1. The van der Waals surface area contributed by atoms with Gasteiger partial charge in [-0.05, 0) is 64.4 Å². The first-order valence-corrected chi connectivity index (χ1v) is 12.8. The topological polar surface area (TPSA) is 67.4 Å². The standard InChI is InChI=1S/C27H33N2O3P/c1-21(28-25(30)32-26(2,3)4)27(5,22-15-9-6-10-16-22)29-33(31,23-17-11-7-12-18-23)24-19-13-8-14-20-24/h6-21H,1-5H3,(H,28,30)(H,29,31)/t21-,27-/m0/s1. The van der Waals surface area contributed by atoms with E-state index in [4.69, 9.17) is 4.74 Å². The molecule has 3 aromatic carbocycles. The monoisotopic (exact) mass is 464 g/mol. The van der Waals surface area contributed by atoms with E-state index in [2.05, 4.69) is 10.4 Å². The third-order valence-electron chi connectivity index (χ3n) is 5.60. The van der Waals surface area contributed by atoms with Gasteiger partial charge in [0.1, 0.15) is 5.60 Å². The molecule has 33 heavy (non-hydrogen) atoms. The summed E-state index contributed by atoms with van der Waals surface area (Å²) in [4.78, 5) is 12.6. The van der Waals surface area contributed by atoms with Crippen molar-refractivity contribution in [3.05, 3.63) is 96.6 Å². The van der Waals surface area contributed by atoms with Gasteiger partial charge in [0, 0.05) is 10.6 Å². The van der Waals surface area contributed by atoms with Crippen LogP contribution in [0, 0.1) is 0 Å². The van der Waals surface area contributed by atoms with Crippen LogP contribution in [-0.4, -0.2) is 17.7 Å². The maximum Gasteiger partial charge on any atom is 0.407 e. The van der Waals surface area contributed by atoms with Gasteiger partial charge in [-0.2, -0.15) is 0 Å². The van der Waals surface area contributed by atoms with Crippen molar-refractivity contribution in [3.8, 4) is 0 Å². The number of hydrogen-bond donors (Lipinski definition) is 2. The second-order valence-corrected chi connectivity index (χ2v) is 11.8. The minimum Gasteiger partial charge on any atom is -0.444 e. The van der Waals surface area contributed by atoms with Crippen molar-refractivity contribution in [3.63, 3.8) is 0 Å². The Balaban J connectivity index is 2.08. The summed E-state index contributed by atoms with van der Waals surface area (Å²) < 4.78 is 20.3. The number of rotatable bonds is 7. The molecule has 3 rings (SSSR count). The highest BCUT2D eigenvalue weighted by molar-refractivity contribution is 7.77. The van der Waals surface area contributed by atoms with Gasteiger partial charge in [-0.25, -0.2) is 9.88 Å². The van der Waals surface area contributed by atoms with Crippen LogP contribution in [0.2, 0.25) is 0 Å². The predicted octanol–water partition coefficient (Wildman–Crippen LogP) is 5.33. The molecule has 0 saturated carbocycles. The molecule has 0 aliphatic carbocycles. The Kier molecular flexibility index (Phi) is 7.46. The van der Waals surface area contributed by atoms with E-state index in [0.717, 1.165) is 5.56 Å². The molecule has 6 heteroatoms. The quantitative estimate of drug-likeness (QED) is 0.464. The fraction of sp³-hybridized carbons (Fsp3) is 0.296. The minimum absolute atomic E-state index is 0.449. The molecule has 0 aromatic heterocycles. The Morgan fingerprint density at radius 2 is 1.21 bits per heavy atom. The zero-order chi connectivity index (χ0) is 24.1. The number of carbonyl (C=O) groups is 1. The molecule has 0 bridgehead atoms. The molecule has 2 N–H and O–H groups in total. The number of amides is 1. The van der Waals surface area contributed by atoms with Crippen LogP contribution in [0.1, 0.15) is 40.2 Å². The summed E-state index contributed by atoms with van der Waals surface area (Å²) in [5, 5.41) is 7.86. The fourth-order valence-electron chi connectivity index (χ4n) is 3.71. The number of carbonyl (C=O) groups excluding carboxylic acids is 1. The van der Waals surface area contributed by atoms with Gasteiger partial charge >= 0.3 is 6.09 Å². The Labute approximate surface area is 197 Å². The van der Waals surface area contributed by atoms with E-state index < -0.39 is 30.6 Å². The van der Waals surface area contributed by atoms with Crippen molar-refractivity contribution in [2.75, 3.05) is 0 Å². The van der Waals surface area contributed by atoms with E-state index in [1.165, 1.54) is 0 Å². The molecule has 0 saturated heterocycles. The lowest BCUT2D eigenvalue weighted by atomic mass is 9.86. The molecule has 0 aliphatic rings. The van der Waals surface area contributed by atoms with E-state index in [1.807, 2.05) is 126 Å². The molecule has 0 spiro atoms. The molecule has 0 radical (unpaired) electrons. The van der Waals surface area contributed by atoms with E-state index in [-0.39, 0.29) is 0 Å². The van der Waals surface area contributed by atoms with Crippen LogP contribution in [0.4, 0.5) is 4.79 Å². The Morgan fingerprint density at radius 1 is 0.788 bits per heavy atom. The van der Waals surface area contributed by atoms with Crippen LogP contribution in [0.25, 0.3) is 0 Å². The molecule has 0 fully saturated rings. The van der Waals surface area contributed by atoms with Gasteiger partial charge in [-0.15, -0.1) is 0 Å². The summed E-state index contributed by atoms with van der Waals surface area (Å²) in [5.74, 6) is 0. The van der Waals surface area contributed by atoms with Crippen molar-refractivity contribution < 1.29 is 14.1 Å². The van der Waals surface area contributed by atoms with Gasteiger partial charge < -0.3 is 10.1 Å². The van der Waals surface area contributed by atoms with Crippen molar-refractivity contribution in [1.29, 1.82) is 0 Å². The summed E-state index contributed by atoms with van der Waals surface area (Å²) in [6.07, 6.45) is -0.520. The first-order chi connectivity index (χ1) is 15.5. The lowest BCUT2D eigenvalue weighted by Crippen LogP contribution is -2.56. The molecule has 5 nitrogen and oxygen atoms in total. The van der Waals surface area contributed by atoms with Crippen LogP contribution in [0.15, 0.2) is 91.0 Å². The highest BCUT2D eigenvalue weighted by Crippen LogP contribution is 2.44. The number of nitrogens with one attached hydrogen (secondary N) is 2. The third-order valence-corrected chi connectivity index (χ3v) is 8.43. The Hall–Kier alpha value is -2.88. The average Bonchev–Trinajstić information content (AvgIpc) is 2.79. The largest absolute Gasteiger partial charge is 0.444 e. The van der Waals surface area contributed by atoms with Crippen LogP contribution in [0.3, 0.4) is 0 Å². The molecule has 0 unspecified atom stereocenters. The van der Waals surface area contributed by atoms with Gasteiger partial charge in [0.05, 0.1) is 11.6 Å². The maximum atomic E-state index is 14.8. The molecule has 1 amide bonds. The van der Waals surface area contributed by atoms with Crippen LogP contribution < -0.4 is 21.0 Å². The van der Waals surface area contributed by atoms with Crippen molar-refractivity contribution in [2.24, 2.45) is 0 Å². The zero-order valence-corrected chi connectivity index (χ0v) is 20.8. The zero-order valence-electron chi connectivity index (χ0n) is 19.9. The third kappa shape index (κ3) is 5.93. The van der Waals surface area contributed by atoms with Crippen LogP contribution >= 0.6 is 7.29 Å². The highest BCUT2D eigenvalue weighted by Gasteiger charge is 2.42. The maximum absolute atomic E-state index is 14.8. The molecular weight excluding hydrogens is 431 g/mol. The number of hydrogen-bond acceptors (Lipinski definition) is 3. The molecule has 3 aromatic rings. The molecule has 2 atom stereocenters.